The predicted molar refractivity (Wildman–Crippen MR) is 98.4 cm³/mol. The van der Waals surface area contributed by atoms with Crippen LogP contribution in [0.1, 0.15) is 12.0 Å². The topological polar surface area (TPSA) is 59.5 Å². The number of thioether (sulfide) groups is 1. The second kappa shape index (κ2) is 6.30. The Bertz CT molecular complexity index is 865. The molecule has 1 aromatic heterocycles. The molecule has 1 aromatic carbocycles. The van der Waals surface area contributed by atoms with Gasteiger partial charge in [-0.25, -0.2) is 8.42 Å². The normalized spacial score (nSPS) is 22.7. The van der Waals surface area contributed by atoms with E-state index in [1.54, 1.807) is 34.9 Å². The summed E-state index contributed by atoms with van der Waals surface area (Å²) in [4.78, 5) is 4.45. The summed E-state index contributed by atoms with van der Waals surface area (Å²) in [5, 5.41) is 0. The Morgan fingerprint density at radius 2 is 2.12 bits per heavy atom. The van der Waals surface area contributed by atoms with Crippen molar-refractivity contribution in [3.63, 3.8) is 0 Å². The van der Waals surface area contributed by atoms with Crippen molar-refractivity contribution >= 4 is 21.8 Å². The van der Waals surface area contributed by atoms with Crippen LogP contribution >= 0.6 is 11.8 Å². The van der Waals surface area contributed by atoms with Gasteiger partial charge in [0, 0.05) is 36.2 Å². The highest BCUT2D eigenvalue weighted by atomic mass is 32.2. The molecule has 0 saturated carbocycles. The first-order chi connectivity index (χ1) is 12.0. The smallest absolute Gasteiger partial charge is 0.243 e. The molecule has 1 atom stereocenters. The second-order valence-corrected chi connectivity index (χ2v) is 10.1. The molecule has 0 amide bonds. The standard InChI is InChI=1S/C18H20N2O3S2/c1-14-4-2-6-17(8-14)25(21,22)20-12-18(13-20)9-16(11-24-18)23-15-5-3-7-19-10-15/h2-8,10,16H,9,11-13H2,1H3. The number of benzene rings is 1. The molecule has 2 aromatic rings. The SMILES string of the molecule is Cc1cccc(S(=O)(=O)N2CC3(CC(Oc4cccnc4)CS3)C2)c1. The third-order valence-corrected chi connectivity index (χ3v) is 8.03. The number of ether oxygens (including phenoxy) is 1. The third-order valence-electron chi connectivity index (χ3n) is 4.67. The van der Waals surface area contributed by atoms with Gasteiger partial charge >= 0.3 is 0 Å². The molecule has 4 rings (SSSR count). The minimum atomic E-state index is -3.40. The Hall–Kier alpha value is -1.57. The summed E-state index contributed by atoms with van der Waals surface area (Å²) in [5.41, 5.74) is 0.955. The van der Waals surface area contributed by atoms with Gasteiger partial charge in [0.1, 0.15) is 11.9 Å². The second-order valence-electron chi connectivity index (χ2n) is 6.72. The maximum atomic E-state index is 12.8. The number of aryl methyl sites for hydroxylation is 1. The summed E-state index contributed by atoms with van der Waals surface area (Å²) < 4.78 is 33.1. The minimum Gasteiger partial charge on any atom is -0.488 e. The van der Waals surface area contributed by atoms with Crippen LogP contribution in [0.25, 0.3) is 0 Å². The van der Waals surface area contributed by atoms with Crippen molar-refractivity contribution in [2.75, 3.05) is 18.8 Å². The van der Waals surface area contributed by atoms with E-state index >= 15 is 0 Å². The van der Waals surface area contributed by atoms with E-state index in [9.17, 15) is 8.42 Å². The van der Waals surface area contributed by atoms with Gasteiger partial charge in [-0.3, -0.25) is 4.98 Å². The summed E-state index contributed by atoms with van der Waals surface area (Å²) in [7, 11) is -3.40. The highest BCUT2D eigenvalue weighted by Crippen LogP contribution is 2.47. The van der Waals surface area contributed by atoms with Crippen LogP contribution in [-0.2, 0) is 10.0 Å². The van der Waals surface area contributed by atoms with E-state index in [0.29, 0.717) is 18.0 Å². The van der Waals surface area contributed by atoms with Crippen molar-refractivity contribution in [2.45, 2.75) is 29.1 Å². The Labute approximate surface area is 152 Å². The lowest BCUT2D eigenvalue weighted by Gasteiger charge is -2.46. The van der Waals surface area contributed by atoms with Gasteiger partial charge in [-0.1, -0.05) is 12.1 Å². The first kappa shape index (κ1) is 16.9. The lowest BCUT2D eigenvalue weighted by Crippen LogP contribution is -2.60. The maximum Gasteiger partial charge on any atom is 0.243 e. The van der Waals surface area contributed by atoms with Crippen LogP contribution in [0, 0.1) is 6.92 Å². The van der Waals surface area contributed by atoms with E-state index < -0.39 is 10.0 Å². The molecular formula is C18H20N2O3S2. The molecule has 3 heterocycles. The molecule has 5 nitrogen and oxygen atoms in total. The number of pyridine rings is 1. The van der Waals surface area contributed by atoms with Crippen molar-refractivity contribution in [1.82, 2.24) is 9.29 Å². The Balaban J connectivity index is 1.40. The van der Waals surface area contributed by atoms with Crippen LogP contribution < -0.4 is 4.74 Å². The Morgan fingerprint density at radius 3 is 2.84 bits per heavy atom. The number of hydrogen-bond acceptors (Lipinski definition) is 5. The van der Waals surface area contributed by atoms with Crippen LogP contribution in [0.4, 0.5) is 0 Å². The molecule has 132 valence electrons. The molecule has 0 radical (unpaired) electrons. The van der Waals surface area contributed by atoms with Crippen LogP contribution in [0.15, 0.2) is 53.7 Å². The lowest BCUT2D eigenvalue weighted by molar-refractivity contribution is 0.159. The molecule has 0 N–H and O–H groups in total. The Morgan fingerprint density at radius 1 is 1.28 bits per heavy atom. The van der Waals surface area contributed by atoms with Crippen molar-refractivity contribution < 1.29 is 13.2 Å². The fourth-order valence-corrected chi connectivity index (χ4v) is 6.80. The maximum absolute atomic E-state index is 12.8. The Kier molecular flexibility index (Phi) is 4.25. The van der Waals surface area contributed by atoms with Gasteiger partial charge in [0.2, 0.25) is 10.0 Å². The zero-order valence-corrected chi connectivity index (χ0v) is 15.6. The van der Waals surface area contributed by atoms with Crippen molar-refractivity contribution in [2.24, 2.45) is 0 Å². The van der Waals surface area contributed by atoms with Crippen LogP contribution in [0.3, 0.4) is 0 Å². The molecular weight excluding hydrogens is 356 g/mol. The minimum absolute atomic E-state index is 0.0101. The molecule has 1 unspecified atom stereocenters. The average molecular weight is 377 g/mol. The summed E-state index contributed by atoms with van der Waals surface area (Å²) in [5.74, 6) is 1.65. The number of sulfonamides is 1. The van der Waals surface area contributed by atoms with Crippen LogP contribution in [0.2, 0.25) is 0 Å². The number of aromatic nitrogens is 1. The van der Waals surface area contributed by atoms with E-state index in [2.05, 4.69) is 4.98 Å². The zero-order chi connectivity index (χ0) is 17.5. The third kappa shape index (κ3) is 3.28. The van der Waals surface area contributed by atoms with E-state index in [-0.39, 0.29) is 10.9 Å². The number of rotatable bonds is 4. The molecule has 2 fully saturated rings. The summed E-state index contributed by atoms with van der Waals surface area (Å²) >= 11 is 1.83. The number of hydrogen-bond donors (Lipinski definition) is 0. The van der Waals surface area contributed by atoms with Gasteiger partial charge in [-0.15, -0.1) is 11.8 Å². The van der Waals surface area contributed by atoms with Crippen molar-refractivity contribution in [1.29, 1.82) is 0 Å². The van der Waals surface area contributed by atoms with Crippen molar-refractivity contribution in [3.05, 3.63) is 54.4 Å². The number of nitrogens with zero attached hydrogens (tertiary/aromatic N) is 2. The fraction of sp³-hybridized carbons (Fsp3) is 0.389. The first-order valence-corrected chi connectivity index (χ1v) is 10.7. The predicted octanol–water partition coefficient (Wildman–Crippen LogP) is 2.72. The summed E-state index contributed by atoms with van der Waals surface area (Å²) in [6, 6.07) is 10.9. The zero-order valence-electron chi connectivity index (χ0n) is 14.0. The molecule has 1 spiro atoms. The average Bonchev–Trinajstić information content (AvgIpc) is 2.99. The quantitative estimate of drug-likeness (QED) is 0.821. The van der Waals surface area contributed by atoms with E-state index in [4.69, 9.17) is 4.74 Å². The van der Waals surface area contributed by atoms with Crippen LogP contribution in [-0.4, -0.2) is 47.4 Å². The van der Waals surface area contributed by atoms with Gasteiger partial charge < -0.3 is 4.74 Å². The largest absolute Gasteiger partial charge is 0.488 e. The fourth-order valence-electron chi connectivity index (χ4n) is 3.40. The molecule has 0 bridgehead atoms. The monoisotopic (exact) mass is 376 g/mol. The van der Waals surface area contributed by atoms with Gasteiger partial charge in [0.05, 0.1) is 11.1 Å². The van der Waals surface area contributed by atoms with Gasteiger partial charge in [0.25, 0.3) is 0 Å². The first-order valence-electron chi connectivity index (χ1n) is 8.24. The summed E-state index contributed by atoms with van der Waals surface area (Å²) in [6.07, 6.45) is 4.41. The van der Waals surface area contributed by atoms with E-state index in [0.717, 1.165) is 23.5 Å². The van der Waals surface area contributed by atoms with E-state index in [1.165, 1.54) is 0 Å². The van der Waals surface area contributed by atoms with E-state index in [1.807, 2.05) is 36.9 Å². The molecule has 7 heteroatoms. The highest BCUT2D eigenvalue weighted by molar-refractivity contribution is 8.01. The molecule has 2 saturated heterocycles. The molecule has 0 aliphatic carbocycles. The highest BCUT2D eigenvalue weighted by Gasteiger charge is 2.53. The van der Waals surface area contributed by atoms with Crippen LogP contribution in [0.5, 0.6) is 5.75 Å². The van der Waals surface area contributed by atoms with Crippen molar-refractivity contribution in [3.8, 4) is 5.75 Å². The lowest BCUT2D eigenvalue weighted by atomic mass is 9.95. The van der Waals surface area contributed by atoms with Gasteiger partial charge in [-0.05, 0) is 36.8 Å². The van der Waals surface area contributed by atoms with Gasteiger partial charge in [0.15, 0.2) is 0 Å². The van der Waals surface area contributed by atoms with Gasteiger partial charge in [-0.2, -0.15) is 4.31 Å². The molecule has 25 heavy (non-hydrogen) atoms. The molecule has 2 aliphatic heterocycles. The summed E-state index contributed by atoms with van der Waals surface area (Å²) in [6.45, 7) is 3.02. The molecule has 2 aliphatic rings.